The predicted octanol–water partition coefficient (Wildman–Crippen LogP) is 1.70. The van der Waals surface area contributed by atoms with E-state index in [1.807, 2.05) is 6.92 Å². The largest absolute Gasteiger partial charge is 0.466 e. The first-order valence-corrected chi connectivity index (χ1v) is 9.10. The molecular weight excluding hydrogens is 334 g/mol. The third-order valence-corrected chi connectivity index (χ3v) is 5.20. The van der Waals surface area contributed by atoms with Crippen molar-refractivity contribution < 1.29 is 13.9 Å². The lowest BCUT2D eigenvalue weighted by molar-refractivity contribution is 0.0923. The number of carbonyl (C=O) groups excluding carboxylic acids is 1. The molecule has 7 nitrogen and oxygen atoms in total. The van der Waals surface area contributed by atoms with Crippen molar-refractivity contribution in [1.82, 2.24) is 15.1 Å². The number of ether oxygens (including phenoxy) is 1. The van der Waals surface area contributed by atoms with Crippen LogP contribution < -0.4 is 10.9 Å². The molecule has 1 amide bonds. The predicted molar refractivity (Wildman–Crippen MR) is 94.4 cm³/mol. The summed E-state index contributed by atoms with van der Waals surface area (Å²) in [4.78, 5) is 25.1. The van der Waals surface area contributed by atoms with Crippen molar-refractivity contribution >= 4 is 5.91 Å². The standard InChI is InChI=1S/C19H23N3O4/c1-11-7-14(12(2)26-11)19(24)20-16-9-25-10-17(16)22-18(23)8-13-5-3-4-6-15(13)21-22/h7-8,16-17H,3-6,9-10H2,1-2H3,(H,20,24). The van der Waals surface area contributed by atoms with Crippen molar-refractivity contribution in [1.29, 1.82) is 0 Å². The lowest BCUT2D eigenvalue weighted by atomic mass is 9.97. The van der Waals surface area contributed by atoms with E-state index in [2.05, 4.69) is 10.4 Å². The van der Waals surface area contributed by atoms with Crippen LogP contribution in [0.25, 0.3) is 0 Å². The van der Waals surface area contributed by atoms with Crippen LogP contribution in [0.4, 0.5) is 0 Å². The highest BCUT2D eigenvalue weighted by Crippen LogP contribution is 2.22. The van der Waals surface area contributed by atoms with E-state index in [1.54, 1.807) is 19.1 Å². The lowest BCUT2D eigenvalue weighted by Gasteiger charge is -2.22. The van der Waals surface area contributed by atoms with Gasteiger partial charge in [0.1, 0.15) is 17.6 Å². The molecule has 2 aromatic heterocycles. The SMILES string of the molecule is Cc1cc(C(=O)NC2COCC2n2nc3c(cc2=O)CCCC3)c(C)o1. The zero-order chi connectivity index (χ0) is 18.3. The topological polar surface area (TPSA) is 86.4 Å². The Morgan fingerprint density at radius 1 is 1.23 bits per heavy atom. The van der Waals surface area contributed by atoms with Gasteiger partial charge in [-0.05, 0) is 51.2 Å². The quantitative estimate of drug-likeness (QED) is 0.904. The second-order valence-corrected chi connectivity index (χ2v) is 7.12. The maximum absolute atomic E-state index is 12.6. The van der Waals surface area contributed by atoms with E-state index in [9.17, 15) is 9.59 Å². The average Bonchev–Trinajstić information content (AvgIpc) is 3.20. The smallest absolute Gasteiger partial charge is 0.267 e. The van der Waals surface area contributed by atoms with Gasteiger partial charge in [-0.2, -0.15) is 5.10 Å². The van der Waals surface area contributed by atoms with Gasteiger partial charge >= 0.3 is 0 Å². The van der Waals surface area contributed by atoms with Gasteiger partial charge in [-0.25, -0.2) is 4.68 Å². The summed E-state index contributed by atoms with van der Waals surface area (Å²) >= 11 is 0. The Kier molecular flexibility index (Phi) is 4.40. The van der Waals surface area contributed by atoms with Crippen LogP contribution in [0.1, 0.15) is 52.0 Å². The van der Waals surface area contributed by atoms with E-state index in [0.29, 0.717) is 30.3 Å². The molecule has 2 unspecified atom stereocenters. The minimum absolute atomic E-state index is 0.129. The van der Waals surface area contributed by atoms with Gasteiger partial charge in [-0.3, -0.25) is 9.59 Å². The molecule has 26 heavy (non-hydrogen) atoms. The summed E-state index contributed by atoms with van der Waals surface area (Å²) in [6, 6.07) is 2.82. The third kappa shape index (κ3) is 3.07. The Morgan fingerprint density at radius 2 is 2.04 bits per heavy atom. The number of nitrogens with zero attached hydrogens (tertiary/aromatic N) is 2. The molecule has 0 saturated carbocycles. The van der Waals surface area contributed by atoms with Crippen molar-refractivity contribution in [3.05, 3.63) is 50.8 Å². The summed E-state index contributed by atoms with van der Waals surface area (Å²) in [5.74, 6) is 1.06. The van der Waals surface area contributed by atoms with Gasteiger partial charge in [0.2, 0.25) is 0 Å². The fraction of sp³-hybridized carbons (Fsp3) is 0.526. The monoisotopic (exact) mass is 357 g/mol. The molecule has 2 aliphatic rings. The second-order valence-electron chi connectivity index (χ2n) is 7.12. The number of furan rings is 1. The van der Waals surface area contributed by atoms with Crippen LogP contribution in [0, 0.1) is 13.8 Å². The van der Waals surface area contributed by atoms with Crippen LogP contribution >= 0.6 is 0 Å². The number of aromatic nitrogens is 2. The first-order chi connectivity index (χ1) is 12.5. The molecule has 1 aliphatic carbocycles. The molecule has 0 radical (unpaired) electrons. The normalized spacial score (nSPS) is 22.2. The van der Waals surface area contributed by atoms with Gasteiger partial charge in [0.25, 0.3) is 11.5 Å². The molecule has 3 heterocycles. The minimum atomic E-state index is -0.302. The molecule has 7 heteroatoms. The fourth-order valence-corrected chi connectivity index (χ4v) is 3.84. The lowest BCUT2D eigenvalue weighted by Crippen LogP contribution is -2.44. The van der Waals surface area contributed by atoms with E-state index in [0.717, 1.165) is 36.9 Å². The number of nitrogens with one attached hydrogen (secondary N) is 1. The number of rotatable bonds is 3. The second kappa shape index (κ2) is 6.72. The molecule has 0 spiro atoms. The first kappa shape index (κ1) is 17.0. The van der Waals surface area contributed by atoms with Crippen LogP contribution in [0.3, 0.4) is 0 Å². The number of carbonyl (C=O) groups is 1. The van der Waals surface area contributed by atoms with E-state index in [1.165, 1.54) is 4.68 Å². The van der Waals surface area contributed by atoms with Gasteiger partial charge in [0.05, 0.1) is 30.5 Å². The first-order valence-electron chi connectivity index (χ1n) is 9.10. The summed E-state index contributed by atoms with van der Waals surface area (Å²) < 4.78 is 12.5. The summed E-state index contributed by atoms with van der Waals surface area (Å²) in [6.45, 7) is 4.29. The average molecular weight is 357 g/mol. The molecule has 1 saturated heterocycles. The van der Waals surface area contributed by atoms with E-state index >= 15 is 0 Å². The van der Waals surface area contributed by atoms with Crippen LogP contribution in [0.5, 0.6) is 0 Å². The fourth-order valence-electron chi connectivity index (χ4n) is 3.84. The minimum Gasteiger partial charge on any atom is -0.466 e. The van der Waals surface area contributed by atoms with Crippen LogP contribution in [-0.2, 0) is 17.6 Å². The molecule has 4 rings (SSSR count). The Balaban J connectivity index is 1.58. The molecule has 2 aromatic rings. The van der Waals surface area contributed by atoms with Gasteiger partial charge < -0.3 is 14.5 Å². The van der Waals surface area contributed by atoms with Gasteiger partial charge in [0, 0.05) is 6.07 Å². The molecule has 1 fully saturated rings. The van der Waals surface area contributed by atoms with Crippen LogP contribution in [-0.4, -0.2) is 34.9 Å². The molecule has 1 aliphatic heterocycles. The maximum Gasteiger partial charge on any atom is 0.267 e. The zero-order valence-electron chi connectivity index (χ0n) is 15.1. The molecular formula is C19H23N3O4. The number of aryl methyl sites for hydroxylation is 4. The number of hydrogen-bond acceptors (Lipinski definition) is 5. The van der Waals surface area contributed by atoms with Gasteiger partial charge in [-0.15, -0.1) is 0 Å². The number of hydrogen-bond donors (Lipinski definition) is 1. The Hall–Kier alpha value is -2.41. The van der Waals surface area contributed by atoms with E-state index in [4.69, 9.17) is 9.15 Å². The zero-order valence-corrected chi connectivity index (χ0v) is 15.1. The Bertz CT molecular complexity index is 899. The van der Waals surface area contributed by atoms with Crippen molar-refractivity contribution in [3.63, 3.8) is 0 Å². The van der Waals surface area contributed by atoms with Crippen LogP contribution in [0.2, 0.25) is 0 Å². The third-order valence-electron chi connectivity index (χ3n) is 5.20. The molecule has 138 valence electrons. The Morgan fingerprint density at radius 3 is 2.81 bits per heavy atom. The van der Waals surface area contributed by atoms with Crippen LogP contribution in [0.15, 0.2) is 21.3 Å². The highest BCUT2D eigenvalue weighted by Gasteiger charge is 2.34. The Labute approximate surface area is 151 Å². The van der Waals surface area contributed by atoms with Gasteiger partial charge in [-0.1, -0.05) is 0 Å². The number of fused-ring (bicyclic) bond motifs is 1. The van der Waals surface area contributed by atoms with E-state index in [-0.39, 0.29) is 23.6 Å². The summed E-state index contributed by atoms with van der Waals surface area (Å²) in [5, 5.41) is 7.58. The molecule has 0 aromatic carbocycles. The molecule has 2 atom stereocenters. The van der Waals surface area contributed by atoms with Crippen molar-refractivity contribution in [2.75, 3.05) is 13.2 Å². The highest BCUT2D eigenvalue weighted by molar-refractivity contribution is 5.95. The molecule has 0 bridgehead atoms. The summed E-state index contributed by atoms with van der Waals surface area (Å²) in [7, 11) is 0. The van der Waals surface area contributed by atoms with Crippen molar-refractivity contribution in [2.45, 2.75) is 51.6 Å². The van der Waals surface area contributed by atoms with Crippen molar-refractivity contribution in [3.8, 4) is 0 Å². The van der Waals surface area contributed by atoms with Crippen molar-refractivity contribution in [2.24, 2.45) is 0 Å². The molecule has 1 N–H and O–H groups in total. The van der Waals surface area contributed by atoms with E-state index < -0.39 is 0 Å². The summed E-state index contributed by atoms with van der Waals surface area (Å²) in [6.07, 6.45) is 4.01. The maximum atomic E-state index is 12.6. The summed E-state index contributed by atoms with van der Waals surface area (Å²) in [5.41, 5.74) is 2.44. The number of amides is 1. The highest BCUT2D eigenvalue weighted by atomic mass is 16.5. The van der Waals surface area contributed by atoms with Gasteiger partial charge in [0.15, 0.2) is 0 Å².